The van der Waals surface area contributed by atoms with Gasteiger partial charge in [0.25, 0.3) is 11.8 Å². The molecule has 0 radical (unpaired) electrons. The molecule has 0 saturated heterocycles. The summed E-state index contributed by atoms with van der Waals surface area (Å²) < 4.78 is 0. The van der Waals surface area contributed by atoms with Crippen molar-refractivity contribution in [2.45, 2.75) is 62.4 Å². The third-order valence-electron chi connectivity index (χ3n) is 6.02. The standard InChI is InChI=1S/C26H32N2O6S2/c1-5-15(3)21(25(31)32)27-23(29)17-11-7-9-13-19(17)35-36-20-14-10-8-12-18(20)24(30)28-22(26(33)34)16(4)6-2/h7-16,21-22H,5-6H2,1-4H3,(H,27,29)(H,28,30)(H,31,32)(H,33,34)/t15?,16?,21-,22-/m0/s1. The molecule has 10 heteroatoms. The van der Waals surface area contributed by atoms with Crippen LogP contribution in [0.5, 0.6) is 0 Å². The van der Waals surface area contributed by atoms with E-state index in [1.165, 1.54) is 21.6 Å². The Kier molecular flexibility index (Phi) is 11.3. The van der Waals surface area contributed by atoms with E-state index in [0.29, 0.717) is 33.8 Å². The van der Waals surface area contributed by atoms with Crippen molar-refractivity contribution in [1.29, 1.82) is 0 Å². The van der Waals surface area contributed by atoms with Gasteiger partial charge in [0.2, 0.25) is 0 Å². The monoisotopic (exact) mass is 532 g/mol. The summed E-state index contributed by atoms with van der Waals surface area (Å²) in [5, 5.41) is 24.3. The molecule has 194 valence electrons. The number of hydrogen-bond donors (Lipinski definition) is 4. The number of rotatable bonds is 13. The molecule has 36 heavy (non-hydrogen) atoms. The highest BCUT2D eigenvalue weighted by Gasteiger charge is 2.28. The molecular weight excluding hydrogens is 500 g/mol. The molecule has 2 amide bonds. The van der Waals surface area contributed by atoms with Crippen LogP contribution >= 0.6 is 21.6 Å². The molecule has 0 aliphatic rings. The zero-order valence-corrected chi connectivity index (χ0v) is 22.3. The fraction of sp³-hybridized carbons (Fsp3) is 0.385. The third-order valence-corrected chi connectivity index (χ3v) is 8.50. The Morgan fingerprint density at radius 2 is 1.03 bits per heavy atom. The van der Waals surface area contributed by atoms with E-state index in [-0.39, 0.29) is 11.8 Å². The van der Waals surface area contributed by atoms with Gasteiger partial charge in [-0.05, 0) is 36.1 Å². The molecule has 0 bridgehead atoms. The predicted octanol–water partition coefficient (Wildman–Crippen LogP) is 4.94. The zero-order chi connectivity index (χ0) is 26.8. The Morgan fingerprint density at radius 1 is 0.694 bits per heavy atom. The predicted molar refractivity (Wildman–Crippen MR) is 141 cm³/mol. The van der Waals surface area contributed by atoms with Gasteiger partial charge in [0.1, 0.15) is 12.1 Å². The van der Waals surface area contributed by atoms with Crippen LogP contribution < -0.4 is 10.6 Å². The van der Waals surface area contributed by atoms with Crippen molar-refractivity contribution in [1.82, 2.24) is 10.6 Å². The van der Waals surface area contributed by atoms with Gasteiger partial charge in [-0.2, -0.15) is 0 Å². The van der Waals surface area contributed by atoms with Gasteiger partial charge < -0.3 is 20.8 Å². The van der Waals surface area contributed by atoms with Gasteiger partial charge in [-0.1, -0.05) is 86.4 Å². The molecule has 4 atom stereocenters. The summed E-state index contributed by atoms with van der Waals surface area (Å²) in [4.78, 5) is 50.4. The Balaban J connectivity index is 2.22. The lowest BCUT2D eigenvalue weighted by Crippen LogP contribution is -2.45. The first-order valence-electron chi connectivity index (χ1n) is 11.7. The minimum absolute atomic E-state index is 0.240. The quantitative estimate of drug-likeness (QED) is 0.267. The Bertz CT molecular complexity index is 1010. The number of aliphatic carboxylic acids is 2. The number of carboxylic acids is 2. The molecule has 2 aromatic carbocycles. The SMILES string of the molecule is CCC(C)[C@H](NC(=O)c1ccccc1SSc1ccccc1C(=O)N[C@H](C(=O)O)C(C)CC)C(=O)O. The largest absolute Gasteiger partial charge is 0.480 e. The van der Waals surface area contributed by atoms with Crippen LogP contribution in [0.3, 0.4) is 0 Å². The first-order chi connectivity index (χ1) is 17.1. The molecule has 0 aromatic heterocycles. The van der Waals surface area contributed by atoms with Crippen molar-refractivity contribution in [3.8, 4) is 0 Å². The van der Waals surface area contributed by atoms with Crippen LogP contribution in [-0.2, 0) is 9.59 Å². The summed E-state index contributed by atoms with van der Waals surface area (Å²) in [7, 11) is 2.52. The number of nitrogens with one attached hydrogen (secondary N) is 2. The van der Waals surface area contributed by atoms with Crippen LogP contribution in [0, 0.1) is 11.8 Å². The van der Waals surface area contributed by atoms with E-state index < -0.39 is 35.8 Å². The van der Waals surface area contributed by atoms with Crippen LogP contribution in [0.25, 0.3) is 0 Å². The van der Waals surface area contributed by atoms with Crippen LogP contribution in [0.15, 0.2) is 58.3 Å². The Morgan fingerprint density at radius 3 is 1.33 bits per heavy atom. The van der Waals surface area contributed by atoms with Crippen molar-refractivity contribution in [2.75, 3.05) is 0 Å². The van der Waals surface area contributed by atoms with E-state index in [0.717, 1.165) is 0 Å². The lowest BCUT2D eigenvalue weighted by molar-refractivity contribution is -0.141. The van der Waals surface area contributed by atoms with Gasteiger partial charge in [0.15, 0.2) is 0 Å². The summed E-state index contributed by atoms with van der Waals surface area (Å²) in [6, 6.07) is 11.7. The second-order valence-electron chi connectivity index (χ2n) is 8.51. The first kappa shape index (κ1) is 29.3. The average Bonchev–Trinajstić information content (AvgIpc) is 2.87. The summed E-state index contributed by atoms with van der Waals surface area (Å²) in [5.74, 6) is -3.64. The molecule has 0 aliphatic heterocycles. The lowest BCUT2D eigenvalue weighted by Gasteiger charge is -2.21. The fourth-order valence-corrected chi connectivity index (χ4v) is 5.71. The smallest absolute Gasteiger partial charge is 0.326 e. The van der Waals surface area contributed by atoms with E-state index in [1.54, 1.807) is 62.4 Å². The van der Waals surface area contributed by atoms with Gasteiger partial charge in [-0.3, -0.25) is 9.59 Å². The molecule has 2 aromatic rings. The number of hydrogen-bond acceptors (Lipinski definition) is 6. The minimum Gasteiger partial charge on any atom is -0.480 e. The number of amides is 2. The first-order valence-corrected chi connectivity index (χ1v) is 13.8. The normalized spacial score (nSPS) is 14.2. The van der Waals surface area contributed by atoms with Crippen molar-refractivity contribution in [3.63, 3.8) is 0 Å². The zero-order valence-electron chi connectivity index (χ0n) is 20.7. The van der Waals surface area contributed by atoms with E-state index >= 15 is 0 Å². The van der Waals surface area contributed by atoms with Gasteiger partial charge in [-0.25, -0.2) is 9.59 Å². The maximum Gasteiger partial charge on any atom is 0.326 e. The second kappa shape index (κ2) is 13.9. The van der Waals surface area contributed by atoms with Crippen LogP contribution in [0.1, 0.15) is 61.3 Å². The molecule has 0 fully saturated rings. The van der Waals surface area contributed by atoms with Crippen LogP contribution in [-0.4, -0.2) is 46.0 Å². The number of carboxylic acid groups (broad SMARTS) is 2. The van der Waals surface area contributed by atoms with Crippen molar-refractivity contribution in [3.05, 3.63) is 59.7 Å². The van der Waals surface area contributed by atoms with Crippen molar-refractivity contribution >= 4 is 45.3 Å². The number of carbonyl (C=O) groups excluding carboxylic acids is 2. The van der Waals surface area contributed by atoms with Gasteiger partial charge in [0.05, 0.1) is 11.1 Å². The summed E-state index contributed by atoms with van der Waals surface area (Å²) in [6.07, 6.45) is 1.20. The van der Waals surface area contributed by atoms with Crippen LogP contribution in [0.4, 0.5) is 0 Å². The molecule has 0 saturated carbocycles. The third kappa shape index (κ3) is 7.76. The molecule has 0 heterocycles. The second-order valence-corrected chi connectivity index (χ2v) is 10.7. The van der Waals surface area contributed by atoms with E-state index in [2.05, 4.69) is 10.6 Å². The molecule has 4 N–H and O–H groups in total. The van der Waals surface area contributed by atoms with E-state index in [9.17, 15) is 29.4 Å². The maximum atomic E-state index is 12.9. The Hall–Kier alpha value is -2.98. The van der Waals surface area contributed by atoms with E-state index in [1.807, 2.05) is 13.8 Å². The molecular formula is C26H32N2O6S2. The number of carbonyl (C=O) groups is 4. The van der Waals surface area contributed by atoms with Crippen LogP contribution in [0.2, 0.25) is 0 Å². The number of benzene rings is 2. The van der Waals surface area contributed by atoms with Gasteiger partial charge in [0, 0.05) is 9.79 Å². The topological polar surface area (TPSA) is 133 Å². The van der Waals surface area contributed by atoms with Gasteiger partial charge in [-0.15, -0.1) is 0 Å². The highest BCUT2D eigenvalue weighted by Crippen LogP contribution is 2.40. The Labute approximate surface area is 219 Å². The van der Waals surface area contributed by atoms with Crippen molar-refractivity contribution in [2.24, 2.45) is 11.8 Å². The molecule has 2 rings (SSSR count). The highest BCUT2D eigenvalue weighted by molar-refractivity contribution is 8.76. The van der Waals surface area contributed by atoms with Gasteiger partial charge >= 0.3 is 11.9 Å². The molecule has 0 aliphatic carbocycles. The molecule has 8 nitrogen and oxygen atoms in total. The highest BCUT2D eigenvalue weighted by atomic mass is 33.1. The summed E-state index contributed by atoms with van der Waals surface area (Å²) >= 11 is 0. The minimum atomic E-state index is -1.09. The summed E-state index contributed by atoms with van der Waals surface area (Å²) in [5.41, 5.74) is 0.656. The average molecular weight is 533 g/mol. The van der Waals surface area contributed by atoms with E-state index in [4.69, 9.17) is 0 Å². The molecule has 2 unspecified atom stereocenters. The maximum absolute atomic E-state index is 12.9. The van der Waals surface area contributed by atoms with Crippen molar-refractivity contribution < 1.29 is 29.4 Å². The molecule has 0 spiro atoms. The summed E-state index contributed by atoms with van der Waals surface area (Å²) in [6.45, 7) is 7.27. The lowest BCUT2D eigenvalue weighted by atomic mass is 9.99. The fourth-order valence-electron chi connectivity index (χ4n) is 3.35.